The van der Waals surface area contributed by atoms with Crippen LogP contribution in [0.3, 0.4) is 0 Å². The molecule has 4 amide bonds. The summed E-state index contributed by atoms with van der Waals surface area (Å²) in [4.78, 5) is 82.8. The molecule has 4 aromatic rings. The van der Waals surface area contributed by atoms with Gasteiger partial charge in [-0.05, 0) is 95.0 Å². The third-order valence-electron chi connectivity index (χ3n) is 12.8. The van der Waals surface area contributed by atoms with Crippen molar-refractivity contribution in [3.8, 4) is 22.5 Å². The average Bonchev–Trinajstić information content (AvgIpc) is 4.02. The van der Waals surface area contributed by atoms with Crippen molar-refractivity contribution in [2.75, 3.05) is 33.3 Å². The number of ether oxygens (including phenoxy) is 2. The van der Waals surface area contributed by atoms with Gasteiger partial charge in [-0.15, -0.1) is 11.3 Å². The molecule has 66 heavy (non-hydrogen) atoms. The van der Waals surface area contributed by atoms with Gasteiger partial charge in [0.25, 0.3) is 5.91 Å². The lowest BCUT2D eigenvalue weighted by Gasteiger charge is -2.37. The molecule has 2 saturated heterocycles. The molecule has 2 N–H and O–H groups in total. The summed E-state index contributed by atoms with van der Waals surface area (Å²) in [6, 6.07) is 7.78. The van der Waals surface area contributed by atoms with Crippen LogP contribution >= 0.6 is 11.3 Å². The van der Waals surface area contributed by atoms with Crippen LogP contribution in [0.4, 0.5) is 4.79 Å². The van der Waals surface area contributed by atoms with E-state index >= 15 is 0 Å². The number of cyclic esters (lactones) is 1. The number of aryl methyl sites for hydroxylation is 1. The summed E-state index contributed by atoms with van der Waals surface area (Å²) in [6.45, 7) is 21.6. The highest BCUT2D eigenvalue weighted by molar-refractivity contribution is 7.10. The highest BCUT2D eigenvalue weighted by atomic mass is 32.1. The van der Waals surface area contributed by atoms with Crippen LogP contribution in [0.1, 0.15) is 111 Å². The highest BCUT2D eigenvalue weighted by Gasteiger charge is 2.41. The molecule has 3 aliphatic heterocycles. The van der Waals surface area contributed by atoms with Gasteiger partial charge in [0.15, 0.2) is 0 Å². The largest absolute Gasteiger partial charge is 0.464 e. The summed E-state index contributed by atoms with van der Waals surface area (Å²) < 4.78 is 14.0. The molecule has 4 atom stereocenters. The van der Waals surface area contributed by atoms with Crippen LogP contribution in [0, 0.1) is 17.3 Å². The number of thiazole rings is 1. The summed E-state index contributed by atoms with van der Waals surface area (Å²) in [6.07, 6.45) is 3.52. The van der Waals surface area contributed by atoms with Gasteiger partial charge in [0, 0.05) is 78.7 Å². The number of benzene rings is 1. The zero-order valence-corrected chi connectivity index (χ0v) is 41.3. The van der Waals surface area contributed by atoms with Crippen molar-refractivity contribution in [3.05, 3.63) is 58.2 Å². The minimum Gasteiger partial charge on any atom is -0.464 e. The molecule has 1 aromatic carbocycles. The van der Waals surface area contributed by atoms with Gasteiger partial charge in [-0.2, -0.15) is 0 Å². The number of fused-ring (bicyclic) bond motifs is 6. The molecule has 0 radical (unpaired) electrons. The van der Waals surface area contributed by atoms with E-state index in [1.807, 2.05) is 31.5 Å². The average molecular weight is 925 g/mol. The Labute approximate surface area is 393 Å². The summed E-state index contributed by atoms with van der Waals surface area (Å²) >= 11 is 1.41. The number of nitrogens with zero attached hydrogens (tertiary/aromatic N) is 6. The van der Waals surface area contributed by atoms with E-state index in [-0.39, 0.29) is 37.3 Å². The van der Waals surface area contributed by atoms with E-state index in [4.69, 9.17) is 19.4 Å². The fraction of sp³-hybridized carbons (Fsp3) is 0.580. The first-order valence-electron chi connectivity index (χ1n) is 23.5. The van der Waals surface area contributed by atoms with Crippen molar-refractivity contribution in [3.63, 3.8) is 0 Å². The second-order valence-corrected chi connectivity index (χ2v) is 21.5. The predicted molar refractivity (Wildman–Crippen MR) is 255 cm³/mol. The van der Waals surface area contributed by atoms with E-state index in [0.717, 1.165) is 51.2 Å². The van der Waals surface area contributed by atoms with E-state index in [9.17, 15) is 24.0 Å². The fourth-order valence-electron chi connectivity index (χ4n) is 9.65. The van der Waals surface area contributed by atoms with Gasteiger partial charge in [0.2, 0.25) is 11.8 Å². The molecule has 6 bridgehead atoms. The Kier molecular flexibility index (Phi) is 14.3. The number of aromatic nitrogens is 3. The molecular weight excluding hydrogens is 857 g/mol. The van der Waals surface area contributed by atoms with Crippen LogP contribution in [0.25, 0.3) is 33.4 Å². The summed E-state index contributed by atoms with van der Waals surface area (Å²) in [5, 5.41) is 8.16. The first kappa shape index (κ1) is 48.6. The molecule has 356 valence electrons. The number of hydrogen-bond acceptors (Lipinski definition) is 11. The monoisotopic (exact) mass is 924 g/mol. The standard InChI is InChI=1S/C50H68N8O7S/c1-12-57-39-18-17-31-23-34(39)35(43(57)33-15-13-20-51-41(33)29(2)3)25-50(9,10)28-64-47(62)36-16-14-21-58(54-36)46(61)37(24-40-52-38(31)27-66-40)53-44(59)42(30(4)5)55(11)45(60)32-19-22-56(26-32)48(63)65-49(6,7)8/h13,15,17-18,20,23,27,29-30,32,36-37,42,54H,12,14,16,19,21-22,24-26,28H2,1-11H3,(H,53,59)/t32-,36-,37-,42-/m0/s1. The van der Waals surface area contributed by atoms with Gasteiger partial charge < -0.3 is 29.2 Å². The van der Waals surface area contributed by atoms with Gasteiger partial charge in [0.1, 0.15) is 23.7 Å². The van der Waals surface area contributed by atoms with Crippen molar-refractivity contribution < 1.29 is 33.4 Å². The SMILES string of the molecule is CCn1c(-c2cccnc2C(C)C)c2c3cc(ccc31)-c1csc(n1)C[C@H](NC(=O)[C@H](C(C)C)N(C)C(=O)[C@H]1CCN(C(=O)OC(C)(C)C)C1)C(=O)N1CCC[C@H](N1)C(=O)OCC(C)(C)C2. The minimum atomic E-state index is -1.08. The lowest BCUT2D eigenvalue weighted by Crippen LogP contribution is -2.62. The Hall–Kier alpha value is -5.35. The lowest BCUT2D eigenvalue weighted by atomic mass is 9.84. The molecule has 0 spiro atoms. The highest BCUT2D eigenvalue weighted by Crippen LogP contribution is 2.42. The Morgan fingerprint density at radius 2 is 1.85 bits per heavy atom. The molecule has 0 unspecified atom stereocenters. The number of rotatable bonds is 8. The summed E-state index contributed by atoms with van der Waals surface area (Å²) in [7, 11) is 1.60. The first-order chi connectivity index (χ1) is 31.2. The quantitative estimate of drug-likeness (QED) is 0.171. The molecule has 3 aromatic heterocycles. The van der Waals surface area contributed by atoms with E-state index < -0.39 is 58.9 Å². The van der Waals surface area contributed by atoms with Crippen LogP contribution in [0.2, 0.25) is 0 Å². The third-order valence-corrected chi connectivity index (χ3v) is 13.7. The Morgan fingerprint density at radius 1 is 1.09 bits per heavy atom. The van der Waals surface area contributed by atoms with Crippen molar-refractivity contribution in [2.45, 2.75) is 138 Å². The smallest absolute Gasteiger partial charge is 0.410 e. The van der Waals surface area contributed by atoms with Crippen LogP contribution in [0.15, 0.2) is 41.9 Å². The fourth-order valence-corrected chi connectivity index (χ4v) is 10.5. The van der Waals surface area contributed by atoms with Gasteiger partial charge >= 0.3 is 12.1 Å². The van der Waals surface area contributed by atoms with Gasteiger partial charge in [-0.3, -0.25) is 29.2 Å². The number of esters is 1. The second-order valence-electron chi connectivity index (χ2n) is 20.6. The summed E-state index contributed by atoms with van der Waals surface area (Å²) in [5.41, 5.74) is 9.09. The normalized spacial score (nSPS) is 20.9. The molecule has 0 aliphatic carbocycles. The maximum Gasteiger partial charge on any atom is 0.410 e. The van der Waals surface area contributed by atoms with E-state index in [0.29, 0.717) is 43.8 Å². The minimum absolute atomic E-state index is 0.0789. The summed E-state index contributed by atoms with van der Waals surface area (Å²) in [5.74, 6) is -2.27. The van der Waals surface area contributed by atoms with E-state index in [1.54, 1.807) is 27.8 Å². The Balaban J connectivity index is 1.23. The molecule has 2 fully saturated rings. The number of likely N-dealkylation sites (N-methyl/N-ethyl adjacent to an activating group) is 1. The van der Waals surface area contributed by atoms with Crippen molar-refractivity contribution in [2.24, 2.45) is 17.3 Å². The van der Waals surface area contributed by atoms with Gasteiger partial charge in [-0.1, -0.05) is 47.6 Å². The molecule has 16 heteroatoms. The van der Waals surface area contributed by atoms with Crippen molar-refractivity contribution >= 4 is 52.0 Å². The van der Waals surface area contributed by atoms with Gasteiger partial charge in [-0.25, -0.2) is 15.2 Å². The molecule has 7 rings (SSSR count). The zero-order valence-electron chi connectivity index (χ0n) is 40.5. The molecule has 15 nitrogen and oxygen atoms in total. The number of carbonyl (C=O) groups is 5. The Morgan fingerprint density at radius 3 is 2.55 bits per heavy atom. The van der Waals surface area contributed by atoms with Gasteiger partial charge in [0.05, 0.1) is 34.6 Å². The molecule has 0 saturated carbocycles. The van der Waals surface area contributed by atoms with E-state index in [2.05, 4.69) is 74.2 Å². The predicted octanol–water partition coefficient (Wildman–Crippen LogP) is 7.36. The lowest BCUT2D eigenvalue weighted by molar-refractivity contribution is -0.155. The second kappa shape index (κ2) is 19.5. The van der Waals surface area contributed by atoms with Crippen LogP contribution in [-0.2, 0) is 48.0 Å². The third kappa shape index (κ3) is 10.4. The number of pyridine rings is 1. The number of hydrogen-bond donors (Lipinski definition) is 2. The Bertz CT molecular complexity index is 2470. The maximum absolute atomic E-state index is 14.6. The molecule has 6 heterocycles. The van der Waals surface area contributed by atoms with Crippen LogP contribution in [0.5, 0.6) is 0 Å². The van der Waals surface area contributed by atoms with Crippen LogP contribution < -0.4 is 10.7 Å². The molecular formula is C50H68N8O7S. The number of amides is 4. The number of hydrazine groups is 1. The number of nitrogens with one attached hydrogen (secondary N) is 2. The number of likely N-dealkylation sites (tertiary alicyclic amines) is 1. The van der Waals surface area contributed by atoms with Crippen molar-refractivity contribution in [1.82, 2.24) is 40.1 Å². The maximum atomic E-state index is 14.6. The number of carbonyl (C=O) groups excluding carboxylic acids is 5. The molecule has 3 aliphatic rings. The topological polar surface area (TPSA) is 168 Å². The zero-order chi connectivity index (χ0) is 47.8. The first-order valence-corrected chi connectivity index (χ1v) is 24.4. The van der Waals surface area contributed by atoms with Crippen LogP contribution in [-0.4, -0.2) is 116 Å². The van der Waals surface area contributed by atoms with Crippen molar-refractivity contribution in [1.29, 1.82) is 0 Å². The van der Waals surface area contributed by atoms with E-state index in [1.165, 1.54) is 26.1 Å².